The van der Waals surface area contributed by atoms with E-state index in [0.29, 0.717) is 16.0 Å². The number of aliphatic hydroxyl groups is 1. The lowest BCUT2D eigenvalue weighted by Crippen LogP contribution is -2.49. The standard InChI is InChI=1S/C20H22BrClF2N2O2/c1-13-2-3-15(22)10-19(13)26-6-4-25(5-7-26)11-16(27)12-28-20-17(23)8-14(21)9-18(20)24/h2-3,8-10,16,27H,4-7,11-12H2,1H3. The van der Waals surface area contributed by atoms with Crippen LogP contribution in [0.4, 0.5) is 14.5 Å². The number of piperazine rings is 1. The third-order valence-electron chi connectivity index (χ3n) is 4.74. The number of nitrogens with zero attached hydrogens (tertiary/aromatic N) is 2. The molecular weight excluding hydrogens is 454 g/mol. The van der Waals surface area contributed by atoms with Crippen molar-refractivity contribution in [2.45, 2.75) is 13.0 Å². The third-order valence-corrected chi connectivity index (χ3v) is 5.43. The molecule has 1 heterocycles. The zero-order valence-electron chi connectivity index (χ0n) is 15.5. The van der Waals surface area contributed by atoms with Crippen molar-refractivity contribution in [1.29, 1.82) is 0 Å². The molecule has 4 nitrogen and oxygen atoms in total. The van der Waals surface area contributed by atoms with Gasteiger partial charge in [0.15, 0.2) is 17.4 Å². The topological polar surface area (TPSA) is 35.9 Å². The SMILES string of the molecule is Cc1ccc(Cl)cc1N1CCN(CC(O)COc2c(F)cc(Br)cc2F)CC1. The van der Waals surface area contributed by atoms with E-state index in [0.717, 1.165) is 44.0 Å². The number of aliphatic hydroxyl groups excluding tert-OH is 1. The number of hydrogen-bond acceptors (Lipinski definition) is 4. The summed E-state index contributed by atoms with van der Waals surface area (Å²) in [5.41, 5.74) is 2.29. The molecule has 0 amide bonds. The molecule has 1 unspecified atom stereocenters. The van der Waals surface area contributed by atoms with Gasteiger partial charge in [0.25, 0.3) is 0 Å². The average molecular weight is 476 g/mol. The van der Waals surface area contributed by atoms with Gasteiger partial charge in [0, 0.05) is 47.9 Å². The quantitative estimate of drug-likeness (QED) is 0.678. The monoisotopic (exact) mass is 474 g/mol. The van der Waals surface area contributed by atoms with Crippen LogP contribution in [0.3, 0.4) is 0 Å². The minimum Gasteiger partial charge on any atom is -0.485 e. The minimum absolute atomic E-state index is 0.177. The summed E-state index contributed by atoms with van der Waals surface area (Å²) in [6, 6.07) is 8.11. The fourth-order valence-electron chi connectivity index (χ4n) is 3.29. The van der Waals surface area contributed by atoms with Gasteiger partial charge in [0.05, 0.1) is 0 Å². The molecule has 0 bridgehead atoms. The van der Waals surface area contributed by atoms with Crippen molar-refractivity contribution in [3.05, 3.63) is 57.0 Å². The number of aryl methyl sites for hydroxylation is 1. The molecule has 0 saturated carbocycles. The maximum absolute atomic E-state index is 13.8. The molecule has 1 aliphatic rings. The predicted molar refractivity (Wildman–Crippen MR) is 110 cm³/mol. The molecule has 1 fully saturated rings. The van der Waals surface area contributed by atoms with Gasteiger partial charge in [-0.05, 0) is 36.8 Å². The van der Waals surface area contributed by atoms with Gasteiger partial charge < -0.3 is 14.7 Å². The summed E-state index contributed by atoms with van der Waals surface area (Å²) in [4.78, 5) is 4.38. The van der Waals surface area contributed by atoms with E-state index in [2.05, 4.69) is 32.7 Å². The van der Waals surface area contributed by atoms with E-state index >= 15 is 0 Å². The van der Waals surface area contributed by atoms with Crippen molar-refractivity contribution in [3.63, 3.8) is 0 Å². The van der Waals surface area contributed by atoms with Crippen LogP contribution in [0.15, 0.2) is 34.8 Å². The lowest BCUT2D eigenvalue weighted by molar-refractivity contribution is 0.0634. The summed E-state index contributed by atoms with van der Waals surface area (Å²) in [5, 5.41) is 10.9. The zero-order chi connectivity index (χ0) is 20.3. The van der Waals surface area contributed by atoms with Gasteiger partial charge >= 0.3 is 0 Å². The van der Waals surface area contributed by atoms with Crippen LogP contribution in [0.1, 0.15) is 5.56 Å². The van der Waals surface area contributed by atoms with Gasteiger partial charge in [-0.15, -0.1) is 0 Å². The van der Waals surface area contributed by atoms with Crippen molar-refractivity contribution >= 4 is 33.2 Å². The molecule has 0 radical (unpaired) electrons. The Labute approximate surface area is 176 Å². The van der Waals surface area contributed by atoms with Crippen LogP contribution in [0, 0.1) is 18.6 Å². The van der Waals surface area contributed by atoms with Crippen LogP contribution in [-0.4, -0.2) is 55.4 Å². The van der Waals surface area contributed by atoms with Gasteiger partial charge in [-0.25, -0.2) is 8.78 Å². The van der Waals surface area contributed by atoms with E-state index in [9.17, 15) is 13.9 Å². The predicted octanol–water partition coefficient (Wildman–Crippen LogP) is 4.25. The van der Waals surface area contributed by atoms with Crippen LogP contribution in [-0.2, 0) is 0 Å². The number of halogens is 4. The molecule has 2 aromatic rings. The Bertz CT molecular complexity index is 809. The maximum atomic E-state index is 13.8. The highest BCUT2D eigenvalue weighted by Crippen LogP contribution is 2.27. The Morgan fingerprint density at radius 2 is 1.79 bits per heavy atom. The molecule has 152 valence electrons. The highest BCUT2D eigenvalue weighted by molar-refractivity contribution is 9.10. The molecule has 1 aliphatic heterocycles. The van der Waals surface area contributed by atoms with Gasteiger partial charge in [-0.1, -0.05) is 33.6 Å². The Balaban J connectivity index is 1.49. The molecule has 8 heteroatoms. The first-order valence-electron chi connectivity index (χ1n) is 9.02. The first-order valence-corrected chi connectivity index (χ1v) is 10.2. The Morgan fingerprint density at radius 1 is 1.14 bits per heavy atom. The van der Waals surface area contributed by atoms with Crippen molar-refractivity contribution in [2.75, 3.05) is 44.2 Å². The van der Waals surface area contributed by atoms with E-state index in [1.165, 1.54) is 5.56 Å². The summed E-state index contributed by atoms with van der Waals surface area (Å²) >= 11 is 9.13. The fourth-order valence-corrected chi connectivity index (χ4v) is 3.86. The molecule has 2 aromatic carbocycles. The van der Waals surface area contributed by atoms with Crippen LogP contribution >= 0.6 is 27.5 Å². The molecule has 1 N–H and O–H groups in total. The van der Waals surface area contributed by atoms with Crippen LogP contribution < -0.4 is 9.64 Å². The molecule has 0 aliphatic carbocycles. The molecule has 1 atom stereocenters. The smallest absolute Gasteiger partial charge is 0.190 e. The highest BCUT2D eigenvalue weighted by Gasteiger charge is 2.21. The average Bonchev–Trinajstić information content (AvgIpc) is 2.63. The van der Waals surface area contributed by atoms with E-state index in [1.54, 1.807) is 0 Å². The zero-order valence-corrected chi connectivity index (χ0v) is 17.8. The normalized spacial score (nSPS) is 16.3. The number of benzene rings is 2. The van der Waals surface area contributed by atoms with Crippen molar-refractivity contribution in [3.8, 4) is 5.75 Å². The number of hydrogen-bond donors (Lipinski definition) is 1. The molecule has 28 heavy (non-hydrogen) atoms. The number of β-amino-alcohol motifs (C(OH)–C–C–N with tert-alkyl or cyclic N) is 1. The molecule has 0 spiro atoms. The van der Waals surface area contributed by atoms with Crippen LogP contribution in [0.25, 0.3) is 0 Å². The lowest BCUT2D eigenvalue weighted by atomic mass is 10.1. The molecule has 1 saturated heterocycles. The Hall–Kier alpha value is -1.41. The third kappa shape index (κ3) is 5.35. The summed E-state index contributed by atoms with van der Waals surface area (Å²) in [5.74, 6) is -2.07. The molecular formula is C20H22BrClF2N2O2. The first kappa shape index (κ1) is 21.3. The lowest BCUT2D eigenvalue weighted by Gasteiger charge is -2.37. The van der Waals surface area contributed by atoms with E-state index in [1.807, 2.05) is 18.2 Å². The maximum Gasteiger partial charge on any atom is 0.190 e. The van der Waals surface area contributed by atoms with Gasteiger partial charge in [0.1, 0.15) is 12.7 Å². The fraction of sp³-hybridized carbons (Fsp3) is 0.400. The van der Waals surface area contributed by atoms with Gasteiger partial charge in [0.2, 0.25) is 0 Å². The minimum atomic E-state index is -0.845. The van der Waals surface area contributed by atoms with Gasteiger partial charge in [-0.3, -0.25) is 4.90 Å². The highest BCUT2D eigenvalue weighted by atomic mass is 79.9. The second-order valence-corrected chi connectivity index (χ2v) is 8.23. The van der Waals surface area contributed by atoms with E-state index in [-0.39, 0.29) is 6.61 Å². The van der Waals surface area contributed by atoms with E-state index < -0.39 is 23.5 Å². The van der Waals surface area contributed by atoms with Crippen LogP contribution in [0.5, 0.6) is 5.75 Å². The largest absolute Gasteiger partial charge is 0.485 e. The van der Waals surface area contributed by atoms with E-state index in [4.69, 9.17) is 16.3 Å². The Kier molecular flexibility index (Phi) is 7.15. The van der Waals surface area contributed by atoms with Crippen molar-refractivity contribution in [1.82, 2.24) is 4.90 Å². The second-order valence-electron chi connectivity index (χ2n) is 6.88. The van der Waals surface area contributed by atoms with Crippen molar-refractivity contribution in [2.24, 2.45) is 0 Å². The number of anilines is 1. The summed E-state index contributed by atoms with van der Waals surface area (Å²) < 4.78 is 33.0. The summed E-state index contributed by atoms with van der Waals surface area (Å²) in [6.45, 7) is 5.41. The Morgan fingerprint density at radius 3 is 2.43 bits per heavy atom. The first-order chi connectivity index (χ1) is 13.3. The summed E-state index contributed by atoms with van der Waals surface area (Å²) in [7, 11) is 0. The number of rotatable bonds is 6. The van der Waals surface area contributed by atoms with Gasteiger partial charge in [-0.2, -0.15) is 0 Å². The number of ether oxygens (including phenoxy) is 1. The molecule has 0 aromatic heterocycles. The summed E-state index contributed by atoms with van der Waals surface area (Å²) in [6.07, 6.45) is -0.845. The second kappa shape index (κ2) is 9.39. The van der Waals surface area contributed by atoms with Crippen LogP contribution in [0.2, 0.25) is 5.02 Å². The molecule has 3 rings (SSSR count). The van der Waals surface area contributed by atoms with Crippen molar-refractivity contribution < 1.29 is 18.6 Å².